The van der Waals surface area contributed by atoms with Crippen LogP contribution in [0.25, 0.3) is 5.69 Å². The molecule has 0 radical (unpaired) electrons. The van der Waals surface area contributed by atoms with E-state index in [0.29, 0.717) is 22.2 Å². The summed E-state index contributed by atoms with van der Waals surface area (Å²) >= 11 is 1.18. The van der Waals surface area contributed by atoms with Crippen molar-refractivity contribution in [3.05, 3.63) is 69.3 Å². The van der Waals surface area contributed by atoms with Crippen LogP contribution < -0.4 is 10.3 Å². The average Bonchev–Trinajstić information content (AvgIpc) is 3.17. The molecule has 0 aliphatic heterocycles. The number of H-pyrrole nitrogens is 1. The Hall–Kier alpha value is -3.18. The minimum atomic E-state index is -0.730. The first-order valence-corrected chi connectivity index (χ1v) is 11.5. The standard InChI is InChI=1S/C24H24N4O3S/c1-24(2,3)17-9-10-19-15(12-17)11-16(13-25)22(26-19)32-14-20(29)21-23(30)31-27-28(21)18-7-5-4-6-8-18/h4-8,11,17H,9-10,12,14H2,1-3H3/p+1. The van der Waals surface area contributed by atoms with Gasteiger partial charge in [-0.05, 0) is 52.2 Å². The predicted molar refractivity (Wildman–Crippen MR) is 120 cm³/mol. The van der Waals surface area contributed by atoms with Crippen molar-refractivity contribution in [1.82, 2.24) is 10.3 Å². The van der Waals surface area contributed by atoms with Crippen LogP contribution in [0.2, 0.25) is 0 Å². The quantitative estimate of drug-likeness (QED) is 0.362. The Labute approximate surface area is 190 Å². The normalized spacial score (nSPS) is 15.8. The largest absolute Gasteiger partial charge is 0.438 e. The van der Waals surface area contributed by atoms with Crippen molar-refractivity contribution in [3.63, 3.8) is 0 Å². The number of nitrogens with zero attached hydrogens (tertiary/aromatic N) is 3. The van der Waals surface area contributed by atoms with E-state index in [1.807, 2.05) is 12.1 Å². The predicted octanol–water partition coefficient (Wildman–Crippen LogP) is 3.64. The lowest BCUT2D eigenvalue weighted by molar-refractivity contribution is -0.672. The highest BCUT2D eigenvalue weighted by molar-refractivity contribution is 8.00. The number of hydrogen-bond acceptors (Lipinski definition) is 6. The number of aromatic amines is 1. The minimum Gasteiger partial charge on any atom is -0.286 e. The number of fused-ring (bicyclic) bond motifs is 1. The lowest BCUT2D eigenvalue weighted by Gasteiger charge is -2.34. The van der Waals surface area contributed by atoms with Crippen LogP contribution in [0.5, 0.6) is 0 Å². The summed E-state index contributed by atoms with van der Waals surface area (Å²) in [6.45, 7) is 6.74. The van der Waals surface area contributed by atoms with Gasteiger partial charge >= 0.3 is 11.3 Å². The highest BCUT2D eigenvalue weighted by atomic mass is 32.2. The molecule has 0 bridgehead atoms. The van der Waals surface area contributed by atoms with Crippen molar-refractivity contribution in [3.8, 4) is 11.8 Å². The number of carbonyl (C=O) groups is 1. The van der Waals surface area contributed by atoms with E-state index in [-0.39, 0.29) is 16.9 Å². The number of ketones is 1. The van der Waals surface area contributed by atoms with Gasteiger partial charge in [-0.1, -0.05) is 50.7 Å². The minimum absolute atomic E-state index is 0.0273. The second kappa shape index (κ2) is 8.75. The van der Waals surface area contributed by atoms with Gasteiger partial charge in [0.15, 0.2) is 0 Å². The van der Waals surface area contributed by atoms with Gasteiger partial charge in [-0.15, -0.1) is 0 Å². The highest BCUT2D eigenvalue weighted by Crippen LogP contribution is 2.38. The summed E-state index contributed by atoms with van der Waals surface area (Å²) in [6.07, 6.45) is 2.83. The Morgan fingerprint density at radius 1 is 1.34 bits per heavy atom. The van der Waals surface area contributed by atoms with E-state index in [1.165, 1.54) is 16.4 Å². The summed E-state index contributed by atoms with van der Waals surface area (Å²) in [5.74, 6) is 0.121. The van der Waals surface area contributed by atoms with Crippen LogP contribution in [0.1, 0.15) is 54.5 Å². The number of carbonyl (C=O) groups excluding carboxylic acids is 1. The third kappa shape index (κ3) is 4.39. The van der Waals surface area contributed by atoms with Crippen LogP contribution in [0.4, 0.5) is 0 Å². The molecule has 2 aromatic heterocycles. The van der Waals surface area contributed by atoms with Crippen molar-refractivity contribution < 1.29 is 14.0 Å². The number of aryl methyl sites for hydroxylation is 1. The van der Waals surface area contributed by atoms with E-state index in [1.54, 1.807) is 24.3 Å². The Bertz CT molecular complexity index is 1250. The Morgan fingerprint density at radius 2 is 2.09 bits per heavy atom. The van der Waals surface area contributed by atoms with Gasteiger partial charge in [-0.25, -0.2) is 9.78 Å². The zero-order chi connectivity index (χ0) is 22.9. The molecule has 3 aromatic rings. The van der Waals surface area contributed by atoms with Crippen LogP contribution in [-0.4, -0.2) is 21.8 Å². The van der Waals surface area contributed by atoms with Crippen molar-refractivity contribution in [2.24, 2.45) is 11.3 Å². The second-order valence-electron chi connectivity index (χ2n) is 9.08. The van der Waals surface area contributed by atoms with Crippen molar-refractivity contribution >= 4 is 17.5 Å². The second-order valence-corrected chi connectivity index (χ2v) is 10.0. The fourth-order valence-corrected chi connectivity index (χ4v) is 4.89. The van der Waals surface area contributed by atoms with E-state index in [2.05, 4.69) is 32.1 Å². The molecule has 8 heteroatoms. The molecule has 1 aromatic carbocycles. The average molecular weight is 450 g/mol. The van der Waals surface area contributed by atoms with Gasteiger partial charge < -0.3 is 0 Å². The molecule has 0 saturated carbocycles. The summed E-state index contributed by atoms with van der Waals surface area (Å²) in [7, 11) is 0. The fraction of sp³-hybridized carbons (Fsp3) is 0.375. The maximum absolute atomic E-state index is 12.9. The summed E-state index contributed by atoms with van der Waals surface area (Å²) in [6, 6.07) is 13.1. The van der Waals surface area contributed by atoms with Gasteiger partial charge in [0.25, 0.3) is 0 Å². The van der Waals surface area contributed by atoms with Gasteiger partial charge in [0, 0.05) is 17.8 Å². The first kappa shape index (κ1) is 22.0. The molecule has 0 spiro atoms. The monoisotopic (exact) mass is 449 g/mol. The van der Waals surface area contributed by atoms with Crippen LogP contribution in [0.3, 0.4) is 0 Å². The fourth-order valence-electron chi connectivity index (χ4n) is 4.05. The van der Waals surface area contributed by atoms with Crippen molar-refractivity contribution in [1.29, 1.82) is 5.26 Å². The van der Waals surface area contributed by atoms with E-state index in [0.717, 1.165) is 30.5 Å². The lowest BCUT2D eigenvalue weighted by atomic mass is 9.71. The van der Waals surface area contributed by atoms with Crippen molar-refractivity contribution in [2.75, 3.05) is 5.75 Å². The number of nitriles is 1. The number of Topliss-reactive ketones (excluding diaryl/α,β-unsaturated/α-hetero) is 1. The topological polar surface area (TPSA) is 104 Å². The van der Waals surface area contributed by atoms with Gasteiger partial charge in [-0.2, -0.15) is 5.26 Å². The number of nitrogens with one attached hydrogen (secondary N) is 1. The number of thioether (sulfide) groups is 1. The van der Waals surface area contributed by atoms with Gasteiger partial charge in [0.05, 0.1) is 11.3 Å². The lowest BCUT2D eigenvalue weighted by Crippen LogP contribution is -2.41. The maximum Gasteiger partial charge on any atom is 0.438 e. The number of rotatable bonds is 5. The molecule has 0 fully saturated rings. The molecular formula is C24H25N4O3S+. The molecule has 0 saturated heterocycles. The molecule has 4 rings (SSSR count). The Morgan fingerprint density at radius 3 is 2.78 bits per heavy atom. The zero-order valence-corrected chi connectivity index (χ0v) is 19.2. The molecule has 7 nitrogen and oxygen atoms in total. The first-order chi connectivity index (χ1) is 15.3. The SMILES string of the molecule is CC(C)(C)C1CCc2nc(SCC(=O)c3c(=O)o[nH][n+]3-c3ccccc3)c(C#N)cc2C1. The molecule has 1 unspecified atom stereocenters. The van der Waals surface area contributed by atoms with Gasteiger partial charge in [-0.3, -0.25) is 9.32 Å². The van der Waals surface area contributed by atoms with Crippen LogP contribution in [0, 0.1) is 22.7 Å². The summed E-state index contributed by atoms with van der Waals surface area (Å²) in [5, 5.41) is 12.7. The van der Waals surface area contributed by atoms with E-state index in [4.69, 9.17) is 9.51 Å². The summed E-state index contributed by atoms with van der Waals surface area (Å²) in [5.41, 5.74) is 2.59. The molecule has 1 atom stereocenters. The van der Waals surface area contributed by atoms with Gasteiger partial charge in [0.2, 0.25) is 11.5 Å². The van der Waals surface area contributed by atoms with Crippen LogP contribution in [-0.2, 0) is 12.8 Å². The molecule has 1 aliphatic rings. The molecular weight excluding hydrogens is 424 g/mol. The number of benzene rings is 1. The molecule has 1 N–H and O–H groups in total. The summed E-state index contributed by atoms with van der Waals surface area (Å²) in [4.78, 5) is 29.8. The van der Waals surface area contributed by atoms with E-state index < -0.39 is 11.4 Å². The summed E-state index contributed by atoms with van der Waals surface area (Å²) < 4.78 is 6.20. The molecule has 164 valence electrons. The third-order valence-electron chi connectivity index (χ3n) is 5.96. The number of aromatic nitrogens is 3. The Kier molecular flexibility index (Phi) is 6.02. The number of hydrogen-bond donors (Lipinski definition) is 1. The van der Waals surface area contributed by atoms with E-state index >= 15 is 0 Å². The smallest absolute Gasteiger partial charge is 0.286 e. The molecule has 0 amide bonds. The van der Waals surface area contributed by atoms with Crippen LogP contribution >= 0.6 is 11.8 Å². The van der Waals surface area contributed by atoms with Crippen LogP contribution in [0.15, 0.2) is 50.7 Å². The highest BCUT2D eigenvalue weighted by Gasteiger charge is 2.32. The van der Waals surface area contributed by atoms with Crippen molar-refractivity contribution in [2.45, 2.75) is 45.1 Å². The van der Waals surface area contributed by atoms with E-state index in [9.17, 15) is 14.9 Å². The Balaban J connectivity index is 1.56. The van der Waals surface area contributed by atoms with Gasteiger partial charge in [0.1, 0.15) is 11.1 Å². The molecule has 2 heterocycles. The molecule has 32 heavy (non-hydrogen) atoms. The zero-order valence-electron chi connectivity index (χ0n) is 18.3. The number of pyridine rings is 1. The molecule has 1 aliphatic carbocycles. The first-order valence-electron chi connectivity index (χ1n) is 10.6. The third-order valence-corrected chi connectivity index (χ3v) is 6.95. The number of para-hydroxylation sites is 1. The maximum atomic E-state index is 12.9.